The number of carboxylic acids is 2. The van der Waals surface area contributed by atoms with Gasteiger partial charge in [-0.05, 0) is 24.3 Å². The molecule has 2 aromatic carbocycles. The number of aromatic hydroxyl groups is 2. The summed E-state index contributed by atoms with van der Waals surface area (Å²) in [7, 11) is 0. The van der Waals surface area contributed by atoms with Crippen molar-refractivity contribution in [2.24, 2.45) is 0 Å². The predicted octanol–water partition coefficient (Wildman–Crippen LogP) is -4.63. The largest absolute Gasteiger partial charge is 1.00 e. The Labute approximate surface area is 164 Å². The van der Waals surface area contributed by atoms with Gasteiger partial charge in [0.2, 0.25) is 0 Å². The van der Waals surface area contributed by atoms with E-state index in [9.17, 15) is 14.7 Å². The smallest absolute Gasteiger partial charge is 0.545 e. The molecule has 11 N–H and O–H groups in total. The van der Waals surface area contributed by atoms with Crippen LogP contribution in [0.2, 0.25) is 0 Å². The van der Waals surface area contributed by atoms with Crippen LogP contribution < -0.4 is 46.1 Å². The number of rotatable bonds is 2. The number of benzene rings is 2. The van der Waals surface area contributed by atoms with Crippen LogP contribution in [0.25, 0.3) is 0 Å². The van der Waals surface area contributed by atoms with Crippen molar-refractivity contribution < 1.29 is 70.5 Å². The first-order valence-corrected chi connectivity index (χ1v) is 5.84. The van der Waals surface area contributed by atoms with Gasteiger partial charge in [0.25, 0.3) is 0 Å². The maximum absolute atomic E-state index is 10.3. The molecule has 0 aliphatic rings. The summed E-state index contributed by atoms with van der Waals surface area (Å²) in [5.41, 5.74) is 10.8. The number of phenols is 2. The number of aromatic carboxylic acids is 2. The first-order chi connectivity index (χ1) is 10.2. The SMILES string of the molecule is Nc1ccc(C(=O)O)c(O)c1.Nc1ccc(C(=O)[O-])c(O)c1.O.O.[Na+]. The predicted molar refractivity (Wildman–Crippen MR) is 83.6 cm³/mol. The van der Waals surface area contributed by atoms with E-state index in [4.69, 9.17) is 26.8 Å². The standard InChI is InChI=1S/2C7H7NO3.Na.2H2O/c2*8-4-1-2-5(7(10)11)6(9)3-4;;;/h2*1-3,9H,8H2,(H,10,11);;2*1H2/q;;+1;;/p-1. The average molecular weight is 364 g/mol. The van der Waals surface area contributed by atoms with Crippen LogP contribution in [0.15, 0.2) is 36.4 Å². The van der Waals surface area contributed by atoms with Crippen molar-refractivity contribution in [2.45, 2.75) is 0 Å². The topological polar surface area (TPSA) is 233 Å². The van der Waals surface area contributed by atoms with Gasteiger partial charge in [0.1, 0.15) is 17.1 Å². The van der Waals surface area contributed by atoms with E-state index in [0.29, 0.717) is 11.4 Å². The Bertz CT molecular complexity index is 662. The van der Waals surface area contributed by atoms with E-state index in [1.165, 1.54) is 30.3 Å². The fourth-order valence-corrected chi connectivity index (χ4v) is 1.45. The average Bonchev–Trinajstić information content (AvgIpc) is 2.38. The summed E-state index contributed by atoms with van der Waals surface area (Å²) in [6, 6.07) is 7.61. The number of carbonyl (C=O) groups is 2. The molecule has 0 unspecified atom stereocenters. The molecule has 2 aromatic rings. The Hall–Kier alpha value is -2.50. The fourth-order valence-electron chi connectivity index (χ4n) is 1.45. The monoisotopic (exact) mass is 364 g/mol. The minimum Gasteiger partial charge on any atom is -0.545 e. The van der Waals surface area contributed by atoms with Gasteiger partial charge in [-0.3, -0.25) is 0 Å². The molecule has 25 heavy (non-hydrogen) atoms. The summed E-state index contributed by atoms with van der Waals surface area (Å²) in [6.07, 6.45) is 0. The Balaban J connectivity index is -0.000000346. The third-order valence-electron chi connectivity index (χ3n) is 2.49. The van der Waals surface area contributed by atoms with Crippen LogP contribution in [-0.2, 0) is 0 Å². The molecule has 0 bridgehead atoms. The zero-order valence-electron chi connectivity index (χ0n) is 13.2. The van der Waals surface area contributed by atoms with Gasteiger partial charge in [0, 0.05) is 29.1 Å². The molecule has 0 atom stereocenters. The van der Waals surface area contributed by atoms with Crippen LogP contribution in [0, 0.1) is 0 Å². The second-order valence-electron chi connectivity index (χ2n) is 4.15. The number of nitrogens with two attached hydrogens (primary N) is 2. The van der Waals surface area contributed by atoms with Crippen LogP contribution in [0.4, 0.5) is 11.4 Å². The third kappa shape index (κ3) is 8.24. The first kappa shape index (κ1) is 27.4. The van der Waals surface area contributed by atoms with Crippen molar-refractivity contribution in [3.63, 3.8) is 0 Å². The molecule has 0 spiro atoms. The van der Waals surface area contributed by atoms with Crippen molar-refractivity contribution >= 4 is 23.3 Å². The zero-order chi connectivity index (χ0) is 16.9. The second-order valence-corrected chi connectivity index (χ2v) is 4.15. The van der Waals surface area contributed by atoms with Crippen LogP contribution in [-0.4, -0.2) is 38.2 Å². The number of anilines is 2. The maximum atomic E-state index is 10.3. The van der Waals surface area contributed by atoms with Gasteiger partial charge < -0.3 is 47.6 Å². The summed E-state index contributed by atoms with van der Waals surface area (Å²) in [4.78, 5) is 20.6. The molecule has 0 aromatic heterocycles. The second kappa shape index (κ2) is 11.9. The number of nitrogen functional groups attached to an aromatic ring is 2. The molecule has 0 saturated carbocycles. The van der Waals surface area contributed by atoms with Gasteiger partial charge in [-0.2, -0.15) is 0 Å². The van der Waals surface area contributed by atoms with Gasteiger partial charge in [-0.15, -0.1) is 0 Å². The molecule has 0 aliphatic carbocycles. The summed E-state index contributed by atoms with van der Waals surface area (Å²) < 4.78 is 0. The maximum Gasteiger partial charge on any atom is 1.00 e. The van der Waals surface area contributed by atoms with E-state index >= 15 is 0 Å². The summed E-state index contributed by atoms with van der Waals surface area (Å²) >= 11 is 0. The molecule has 0 saturated heterocycles. The molecule has 0 aliphatic heterocycles. The minimum absolute atomic E-state index is 0. The zero-order valence-corrected chi connectivity index (χ0v) is 15.2. The van der Waals surface area contributed by atoms with E-state index < -0.39 is 11.9 Å². The Morgan fingerprint density at radius 3 is 1.48 bits per heavy atom. The summed E-state index contributed by atoms with van der Waals surface area (Å²) in [5.74, 6) is -3.26. The molecular formula is C14H17N2NaO8. The van der Waals surface area contributed by atoms with Crippen LogP contribution in [0.3, 0.4) is 0 Å². The van der Waals surface area contributed by atoms with Crippen molar-refractivity contribution in [3.05, 3.63) is 47.5 Å². The molecule has 0 fully saturated rings. The van der Waals surface area contributed by atoms with E-state index in [2.05, 4.69) is 0 Å². The van der Waals surface area contributed by atoms with Gasteiger partial charge in [0.15, 0.2) is 0 Å². The molecule has 0 radical (unpaired) electrons. The molecule has 11 heteroatoms. The van der Waals surface area contributed by atoms with Crippen molar-refractivity contribution in [2.75, 3.05) is 11.5 Å². The van der Waals surface area contributed by atoms with E-state index in [1.54, 1.807) is 0 Å². The van der Waals surface area contributed by atoms with Crippen LogP contribution >= 0.6 is 0 Å². The molecule has 0 heterocycles. The minimum atomic E-state index is -1.41. The summed E-state index contributed by atoms with van der Waals surface area (Å²) in [5, 5.41) is 36.6. The van der Waals surface area contributed by atoms with Crippen molar-refractivity contribution in [1.29, 1.82) is 0 Å². The Morgan fingerprint density at radius 1 is 0.840 bits per heavy atom. The normalized spacial score (nSPS) is 8.32. The van der Waals surface area contributed by atoms with E-state index in [-0.39, 0.29) is 63.1 Å². The first-order valence-electron chi connectivity index (χ1n) is 5.84. The number of hydrogen-bond acceptors (Lipinski definition) is 7. The van der Waals surface area contributed by atoms with Gasteiger partial charge in [-0.25, -0.2) is 4.79 Å². The molecular weight excluding hydrogens is 347 g/mol. The van der Waals surface area contributed by atoms with Gasteiger partial charge >= 0.3 is 35.5 Å². The number of carbonyl (C=O) groups excluding carboxylic acids is 1. The van der Waals surface area contributed by atoms with Gasteiger partial charge in [-0.1, -0.05) is 0 Å². The number of carboxylic acid groups (broad SMARTS) is 2. The van der Waals surface area contributed by atoms with Crippen LogP contribution in [0.5, 0.6) is 11.5 Å². The van der Waals surface area contributed by atoms with Crippen molar-refractivity contribution in [1.82, 2.24) is 0 Å². The van der Waals surface area contributed by atoms with Gasteiger partial charge in [0.05, 0.1) is 5.97 Å². The number of hydrogen-bond donors (Lipinski definition) is 5. The molecule has 132 valence electrons. The molecule has 0 amide bonds. The fraction of sp³-hybridized carbons (Fsp3) is 0. The third-order valence-corrected chi connectivity index (χ3v) is 2.49. The Kier molecular flexibility index (Phi) is 13.1. The quantitative estimate of drug-likeness (QED) is 0.256. The molecule has 10 nitrogen and oxygen atoms in total. The summed E-state index contributed by atoms with van der Waals surface area (Å²) in [6.45, 7) is 0. The molecule has 2 rings (SSSR count). The van der Waals surface area contributed by atoms with Crippen LogP contribution in [0.1, 0.15) is 20.7 Å². The van der Waals surface area contributed by atoms with Crippen molar-refractivity contribution in [3.8, 4) is 11.5 Å². The van der Waals surface area contributed by atoms with E-state index in [0.717, 1.165) is 6.07 Å². The van der Waals surface area contributed by atoms with E-state index in [1.807, 2.05) is 0 Å². The Morgan fingerprint density at radius 2 is 1.20 bits per heavy atom.